The average Bonchev–Trinajstić information content (AvgIpc) is 2.15. The maximum atomic E-state index is 8.54. The van der Waals surface area contributed by atoms with Crippen molar-refractivity contribution in [3.63, 3.8) is 0 Å². The van der Waals surface area contributed by atoms with E-state index in [1.807, 2.05) is 0 Å². The van der Waals surface area contributed by atoms with Crippen molar-refractivity contribution in [2.24, 2.45) is 5.73 Å². The normalized spacial score (nSPS) is 11.3. The summed E-state index contributed by atoms with van der Waals surface area (Å²) in [4.78, 5) is 2.81. The van der Waals surface area contributed by atoms with E-state index in [0.29, 0.717) is 24.2 Å². The van der Waals surface area contributed by atoms with Crippen LogP contribution < -0.4 is 5.73 Å². The molecule has 0 rings (SSSR count). The van der Waals surface area contributed by atoms with Crippen LogP contribution >= 0.6 is 12.2 Å². The van der Waals surface area contributed by atoms with Crippen LogP contribution in [-0.4, -0.2) is 53.9 Å². The van der Waals surface area contributed by atoms with Crippen molar-refractivity contribution >= 4 is 17.2 Å². The molecule has 0 atom stereocenters. The molecule has 0 aliphatic carbocycles. The molecule has 0 saturated carbocycles. The first-order valence-electron chi connectivity index (χ1n) is 5.29. The first-order valence-corrected chi connectivity index (χ1v) is 5.69. The zero-order valence-electron chi connectivity index (χ0n) is 9.61. The fraction of sp³-hybridized carbons (Fsp3) is 0.900. The molecule has 0 radical (unpaired) electrons. The number of hydrogen-bond donors (Lipinski definition) is 2. The molecule has 0 spiro atoms. The molecule has 0 aromatic rings. The lowest BCUT2D eigenvalue weighted by Crippen LogP contribution is -2.36. The number of hydrogen-bond acceptors (Lipinski definition) is 4. The predicted molar refractivity (Wildman–Crippen MR) is 66.0 cm³/mol. The summed E-state index contributed by atoms with van der Waals surface area (Å²) in [5, 5.41) is 8.54. The molecule has 0 saturated heterocycles. The Labute approximate surface area is 97.4 Å². The van der Waals surface area contributed by atoms with Gasteiger partial charge in [-0.1, -0.05) is 12.2 Å². The van der Waals surface area contributed by atoms with Crippen LogP contribution in [0.25, 0.3) is 0 Å². The minimum absolute atomic E-state index is 0.0779. The Morgan fingerprint density at radius 3 is 2.53 bits per heavy atom. The van der Waals surface area contributed by atoms with Gasteiger partial charge in [0.2, 0.25) is 0 Å². The molecule has 90 valence electrons. The van der Waals surface area contributed by atoms with Gasteiger partial charge >= 0.3 is 0 Å². The van der Waals surface area contributed by atoms with E-state index >= 15 is 0 Å². The highest BCUT2D eigenvalue weighted by atomic mass is 32.1. The van der Waals surface area contributed by atoms with Crippen molar-refractivity contribution in [2.45, 2.75) is 26.3 Å². The predicted octanol–water partition coefficient (Wildman–Crippen LogP) is 0.382. The molecular formula is C10H22N2O2S. The minimum atomic E-state index is 0.0779. The van der Waals surface area contributed by atoms with Gasteiger partial charge < -0.3 is 15.6 Å². The Morgan fingerprint density at radius 2 is 2.07 bits per heavy atom. The molecule has 0 aromatic carbocycles. The third-order valence-electron chi connectivity index (χ3n) is 2.13. The fourth-order valence-corrected chi connectivity index (χ4v) is 1.32. The second kappa shape index (κ2) is 9.03. The molecule has 0 bridgehead atoms. The molecule has 15 heavy (non-hydrogen) atoms. The van der Waals surface area contributed by atoms with Crippen molar-refractivity contribution in [2.75, 3.05) is 32.9 Å². The number of nitrogens with two attached hydrogens (primary N) is 1. The van der Waals surface area contributed by atoms with E-state index in [0.717, 1.165) is 19.5 Å². The number of rotatable bonds is 9. The lowest BCUT2D eigenvalue weighted by molar-refractivity contribution is 0.0676. The topological polar surface area (TPSA) is 58.7 Å². The number of aliphatic hydroxyl groups is 1. The molecular weight excluding hydrogens is 212 g/mol. The highest BCUT2D eigenvalue weighted by molar-refractivity contribution is 7.80. The van der Waals surface area contributed by atoms with Crippen LogP contribution in [0.1, 0.15) is 20.3 Å². The van der Waals surface area contributed by atoms with Gasteiger partial charge in [0, 0.05) is 25.6 Å². The summed E-state index contributed by atoms with van der Waals surface area (Å²) in [5.41, 5.74) is 5.46. The largest absolute Gasteiger partial charge is 0.394 e. The molecule has 0 heterocycles. The van der Waals surface area contributed by atoms with Crippen molar-refractivity contribution in [3.05, 3.63) is 0 Å². The van der Waals surface area contributed by atoms with E-state index in [4.69, 9.17) is 27.8 Å². The fourth-order valence-electron chi connectivity index (χ4n) is 1.23. The van der Waals surface area contributed by atoms with E-state index in [1.54, 1.807) is 0 Å². The zero-order chi connectivity index (χ0) is 11.7. The van der Waals surface area contributed by atoms with Gasteiger partial charge in [0.05, 0.1) is 24.8 Å². The lowest BCUT2D eigenvalue weighted by atomic mass is 10.3. The summed E-state index contributed by atoms with van der Waals surface area (Å²) in [6, 6.07) is 0.456. The Hall–Kier alpha value is -0.230. The summed E-state index contributed by atoms with van der Waals surface area (Å²) in [6.07, 6.45) is 0.744. The molecule has 0 fully saturated rings. The lowest BCUT2D eigenvalue weighted by Gasteiger charge is -2.25. The molecule has 0 aromatic heterocycles. The van der Waals surface area contributed by atoms with Crippen LogP contribution in [-0.2, 0) is 4.74 Å². The standard InChI is InChI=1S/C10H22N2O2S/c1-9(2)12(4-3-10(11)15)5-7-14-8-6-13/h9,13H,3-8H2,1-2H3,(H2,11,15). The van der Waals surface area contributed by atoms with Gasteiger partial charge in [-0.15, -0.1) is 0 Å². The van der Waals surface area contributed by atoms with E-state index in [2.05, 4.69) is 18.7 Å². The maximum Gasteiger partial charge on any atom is 0.0740 e. The SMILES string of the molecule is CC(C)N(CCOCCO)CCC(N)=S. The molecule has 5 heteroatoms. The van der Waals surface area contributed by atoms with Gasteiger partial charge in [0.1, 0.15) is 0 Å². The Bertz CT molecular complexity index is 177. The molecule has 3 N–H and O–H groups in total. The van der Waals surface area contributed by atoms with Crippen molar-refractivity contribution in [1.29, 1.82) is 0 Å². The van der Waals surface area contributed by atoms with E-state index in [9.17, 15) is 0 Å². The average molecular weight is 234 g/mol. The van der Waals surface area contributed by atoms with E-state index in [1.165, 1.54) is 0 Å². The number of nitrogens with zero attached hydrogens (tertiary/aromatic N) is 1. The van der Waals surface area contributed by atoms with Gasteiger partial charge in [-0.2, -0.15) is 0 Å². The third-order valence-corrected chi connectivity index (χ3v) is 2.34. The molecule has 0 unspecified atom stereocenters. The van der Waals surface area contributed by atoms with Gasteiger partial charge in [-0.05, 0) is 13.8 Å². The monoisotopic (exact) mass is 234 g/mol. The van der Waals surface area contributed by atoms with Crippen LogP contribution in [0.3, 0.4) is 0 Å². The van der Waals surface area contributed by atoms with Gasteiger partial charge in [0.25, 0.3) is 0 Å². The van der Waals surface area contributed by atoms with E-state index < -0.39 is 0 Å². The molecule has 0 aliphatic heterocycles. The molecule has 0 aliphatic rings. The summed E-state index contributed by atoms with van der Waals surface area (Å²) in [7, 11) is 0. The third kappa shape index (κ3) is 8.74. The Kier molecular flexibility index (Phi) is 8.89. The van der Waals surface area contributed by atoms with Crippen LogP contribution in [0.15, 0.2) is 0 Å². The van der Waals surface area contributed by atoms with Gasteiger partial charge in [-0.3, -0.25) is 4.90 Å². The Morgan fingerprint density at radius 1 is 1.40 bits per heavy atom. The second-order valence-corrected chi connectivity index (χ2v) is 4.21. The number of thiocarbonyl (C=S) groups is 1. The summed E-state index contributed by atoms with van der Waals surface area (Å²) < 4.78 is 5.21. The first-order chi connectivity index (χ1) is 7.07. The first kappa shape index (κ1) is 14.8. The van der Waals surface area contributed by atoms with Crippen LogP contribution in [0.2, 0.25) is 0 Å². The van der Waals surface area contributed by atoms with Crippen LogP contribution in [0.5, 0.6) is 0 Å². The summed E-state index contributed by atoms with van der Waals surface area (Å²) in [6.45, 7) is 7.10. The van der Waals surface area contributed by atoms with Crippen LogP contribution in [0.4, 0.5) is 0 Å². The van der Waals surface area contributed by atoms with Crippen molar-refractivity contribution < 1.29 is 9.84 Å². The minimum Gasteiger partial charge on any atom is -0.394 e. The number of ether oxygens (including phenoxy) is 1. The highest BCUT2D eigenvalue weighted by Crippen LogP contribution is 1.99. The Balaban J connectivity index is 3.68. The number of aliphatic hydroxyl groups excluding tert-OH is 1. The van der Waals surface area contributed by atoms with Gasteiger partial charge in [0.15, 0.2) is 0 Å². The summed E-state index contributed by atoms with van der Waals surface area (Å²) >= 11 is 4.84. The molecule has 4 nitrogen and oxygen atoms in total. The van der Waals surface area contributed by atoms with E-state index in [-0.39, 0.29) is 6.61 Å². The van der Waals surface area contributed by atoms with Crippen molar-refractivity contribution in [1.82, 2.24) is 4.90 Å². The zero-order valence-corrected chi connectivity index (χ0v) is 10.4. The smallest absolute Gasteiger partial charge is 0.0740 e. The second-order valence-electron chi connectivity index (χ2n) is 3.68. The molecule has 0 amide bonds. The maximum absolute atomic E-state index is 8.54. The quantitative estimate of drug-likeness (QED) is 0.446. The van der Waals surface area contributed by atoms with Gasteiger partial charge in [-0.25, -0.2) is 0 Å². The van der Waals surface area contributed by atoms with Crippen molar-refractivity contribution in [3.8, 4) is 0 Å². The highest BCUT2D eigenvalue weighted by Gasteiger charge is 2.08. The van der Waals surface area contributed by atoms with Crippen LogP contribution in [0, 0.1) is 0 Å². The summed E-state index contributed by atoms with van der Waals surface area (Å²) in [5.74, 6) is 0.